The summed E-state index contributed by atoms with van der Waals surface area (Å²) in [4.78, 5) is 54.5. The molecule has 8 aromatic rings. The zero-order valence-electron chi connectivity index (χ0n) is 28.2. The molecule has 0 atom stereocenters. The van der Waals surface area contributed by atoms with Gasteiger partial charge in [0.05, 0.1) is 35.8 Å². The lowest BCUT2D eigenvalue weighted by atomic mass is 10.1. The number of hydrogen-bond donors (Lipinski definition) is 0. The Morgan fingerprint density at radius 2 is 0.885 bits per heavy atom. The Kier molecular flexibility index (Phi) is 8.27. The molecule has 0 spiro atoms. The van der Waals surface area contributed by atoms with E-state index in [1.807, 2.05) is 62.4 Å². The van der Waals surface area contributed by atoms with E-state index in [0.29, 0.717) is 53.7 Å². The molecule has 0 N–H and O–H groups in total. The fourth-order valence-electron chi connectivity index (χ4n) is 6.47. The first kappa shape index (κ1) is 33.2. The second-order valence-electron chi connectivity index (χ2n) is 12.1. The SMILES string of the molecule is COC(=O)c1c(SSc2c(C(=O)OC)c3c4ccccc4c(=O)oc3n2-c2ccc(C)cc2)n(-c2ccc(C)cc2)c2oc(=O)c3ccccc3c12. The molecule has 52 heavy (non-hydrogen) atoms. The molecule has 0 aliphatic carbocycles. The number of benzene rings is 4. The molecular formula is C40H28N2O8S2. The van der Waals surface area contributed by atoms with Crippen LogP contribution in [-0.4, -0.2) is 35.3 Å². The Balaban J connectivity index is 1.47. The molecule has 0 fully saturated rings. The fourth-order valence-corrected chi connectivity index (χ4v) is 9.11. The molecule has 0 unspecified atom stereocenters. The number of methoxy groups -OCH3 is 2. The van der Waals surface area contributed by atoms with Crippen LogP contribution in [0.25, 0.3) is 55.1 Å². The summed E-state index contributed by atoms with van der Waals surface area (Å²) in [6.45, 7) is 3.91. The number of carbonyl (C=O) groups is 2. The molecule has 0 amide bonds. The molecule has 10 nitrogen and oxygen atoms in total. The van der Waals surface area contributed by atoms with Crippen molar-refractivity contribution in [2.24, 2.45) is 0 Å². The van der Waals surface area contributed by atoms with E-state index in [1.54, 1.807) is 57.7 Å². The Morgan fingerprint density at radius 3 is 1.23 bits per heavy atom. The number of esters is 2. The second kappa shape index (κ2) is 13.0. The third-order valence-electron chi connectivity index (χ3n) is 8.94. The summed E-state index contributed by atoms with van der Waals surface area (Å²) in [5.41, 5.74) is 2.77. The van der Waals surface area contributed by atoms with E-state index in [2.05, 4.69) is 0 Å². The second-order valence-corrected chi connectivity index (χ2v) is 14.2. The number of hydrogen-bond acceptors (Lipinski definition) is 10. The van der Waals surface area contributed by atoms with E-state index in [9.17, 15) is 19.2 Å². The van der Waals surface area contributed by atoms with E-state index in [1.165, 1.54) is 14.2 Å². The molecule has 0 aliphatic rings. The molecule has 12 heteroatoms. The lowest BCUT2D eigenvalue weighted by Crippen LogP contribution is -2.05. The average Bonchev–Trinajstić information content (AvgIpc) is 3.66. The van der Waals surface area contributed by atoms with Crippen LogP contribution in [0.2, 0.25) is 0 Å². The van der Waals surface area contributed by atoms with Crippen molar-refractivity contribution in [3.63, 3.8) is 0 Å². The summed E-state index contributed by atoms with van der Waals surface area (Å²) in [6, 6.07) is 29.0. The van der Waals surface area contributed by atoms with Crippen molar-refractivity contribution < 1.29 is 27.9 Å². The first-order valence-electron chi connectivity index (χ1n) is 16.1. The van der Waals surface area contributed by atoms with Gasteiger partial charge < -0.3 is 18.3 Å². The molecule has 4 heterocycles. The highest BCUT2D eigenvalue weighted by molar-refractivity contribution is 8.76. The fraction of sp³-hybridized carbons (Fsp3) is 0.100. The van der Waals surface area contributed by atoms with Gasteiger partial charge in [-0.3, -0.25) is 9.13 Å². The number of carbonyl (C=O) groups excluding carboxylic acids is 2. The molecule has 0 saturated carbocycles. The van der Waals surface area contributed by atoms with Gasteiger partial charge in [0.15, 0.2) is 0 Å². The molecule has 4 aromatic carbocycles. The van der Waals surface area contributed by atoms with Crippen molar-refractivity contribution in [1.82, 2.24) is 9.13 Å². The molecule has 0 saturated heterocycles. The average molecular weight is 729 g/mol. The maximum Gasteiger partial charge on any atom is 0.345 e. The Labute approximate surface area is 302 Å². The molecule has 0 bridgehead atoms. The monoisotopic (exact) mass is 728 g/mol. The van der Waals surface area contributed by atoms with Gasteiger partial charge in [0.1, 0.15) is 21.2 Å². The summed E-state index contributed by atoms with van der Waals surface area (Å²) < 4.78 is 26.1. The molecular weight excluding hydrogens is 701 g/mol. The predicted octanol–water partition coefficient (Wildman–Crippen LogP) is 8.78. The highest BCUT2D eigenvalue weighted by atomic mass is 33.1. The molecule has 8 rings (SSSR count). The smallest absolute Gasteiger partial charge is 0.345 e. The number of rotatable bonds is 7. The van der Waals surface area contributed by atoms with Crippen molar-refractivity contribution in [2.75, 3.05) is 14.2 Å². The highest BCUT2D eigenvalue weighted by Gasteiger charge is 2.33. The van der Waals surface area contributed by atoms with Crippen LogP contribution in [0.5, 0.6) is 0 Å². The van der Waals surface area contributed by atoms with Crippen LogP contribution in [0.1, 0.15) is 31.8 Å². The normalized spacial score (nSPS) is 11.5. The van der Waals surface area contributed by atoms with Crippen molar-refractivity contribution in [2.45, 2.75) is 23.9 Å². The van der Waals surface area contributed by atoms with Gasteiger partial charge in [-0.1, -0.05) is 71.8 Å². The first-order chi connectivity index (χ1) is 25.2. The quantitative estimate of drug-likeness (QED) is 0.116. The van der Waals surface area contributed by atoms with E-state index in [0.717, 1.165) is 32.7 Å². The minimum atomic E-state index is -0.651. The number of aromatic nitrogens is 2. The lowest BCUT2D eigenvalue weighted by Gasteiger charge is -2.13. The van der Waals surface area contributed by atoms with Crippen LogP contribution in [0.15, 0.2) is 126 Å². The predicted molar refractivity (Wildman–Crippen MR) is 203 cm³/mol. The molecule has 4 aromatic heterocycles. The van der Waals surface area contributed by atoms with E-state index in [4.69, 9.17) is 18.3 Å². The summed E-state index contributed by atoms with van der Waals surface area (Å²) in [5, 5.41) is 3.19. The third kappa shape index (κ3) is 5.21. The largest absolute Gasteiger partial charge is 0.465 e. The van der Waals surface area contributed by atoms with Gasteiger partial charge in [0.25, 0.3) is 0 Å². The van der Waals surface area contributed by atoms with Gasteiger partial charge in [-0.25, -0.2) is 19.2 Å². The van der Waals surface area contributed by atoms with Crippen molar-refractivity contribution in [1.29, 1.82) is 0 Å². The third-order valence-corrected chi connectivity index (χ3v) is 11.3. The number of ether oxygens (including phenoxy) is 2. The Bertz CT molecular complexity index is 2670. The molecule has 0 aliphatic heterocycles. The summed E-state index contributed by atoms with van der Waals surface area (Å²) in [6.07, 6.45) is 0. The van der Waals surface area contributed by atoms with Gasteiger partial charge >= 0.3 is 23.2 Å². The van der Waals surface area contributed by atoms with Gasteiger partial charge in [0.2, 0.25) is 11.4 Å². The van der Waals surface area contributed by atoms with Crippen LogP contribution in [0, 0.1) is 13.8 Å². The van der Waals surface area contributed by atoms with Gasteiger partial charge in [-0.15, -0.1) is 0 Å². The number of aryl methyl sites for hydroxylation is 2. The van der Waals surface area contributed by atoms with E-state index >= 15 is 0 Å². The number of fused-ring (bicyclic) bond motifs is 6. The maximum atomic E-state index is 13.8. The van der Waals surface area contributed by atoms with E-state index in [-0.39, 0.29) is 22.6 Å². The Morgan fingerprint density at radius 1 is 0.538 bits per heavy atom. The van der Waals surface area contributed by atoms with Gasteiger partial charge in [0, 0.05) is 22.1 Å². The minimum absolute atomic E-state index is 0.153. The van der Waals surface area contributed by atoms with Crippen LogP contribution >= 0.6 is 21.6 Å². The minimum Gasteiger partial charge on any atom is -0.465 e. The van der Waals surface area contributed by atoms with Crippen molar-refractivity contribution in [3.05, 3.63) is 140 Å². The van der Waals surface area contributed by atoms with Crippen molar-refractivity contribution in [3.8, 4) is 11.4 Å². The molecule has 258 valence electrons. The van der Waals surface area contributed by atoms with Crippen LogP contribution < -0.4 is 11.3 Å². The van der Waals surface area contributed by atoms with Crippen LogP contribution in [0.3, 0.4) is 0 Å². The van der Waals surface area contributed by atoms with Gasteiger partial charge in [-0.2, -0.15) is 0 Å². The lowest BCUT2D eigenvalue weighted by molar-refractivity contribution is 0.0589. The summed E-state index contributed by atoms with van der Waals surface area (Å²) in [7, 11) is 4.89. The standard InChI is InChI=1S/C40H28N2O8S2/c1-21-13-17-23(18-14-21)41-33-29(25-9-5-7-11-27(25)37(43)49-33)31(39(45)47-3)35(41)51-52-36-32(40(46)48-4)30-26-10-6-8-12-28(26)38(44)50-34(30)42(36)24-19-15-22(2)16-20-24/h5-20H,1-4H3. The summed E-state index contributed by atoms with van der Waals surface area (Å²) >= 11 is 0. The summed E-state index contributed by atoms with van der Waals surface area (Å²) in [5.74, 6) is -1.30. The van der Waals surface area contributed by atoms with Crippen LogP contribution in [0.4, 0.5) is 0 Å². The zero-order valence-corrected chi connectivity index (χ0v) is 29.8. The Hall–Kier alpha value is -5.98. The zero-order chi connectivity index (χ0) is 36.3. The van der Waals surface area contributed by atoms with Crippen LogP contribution in [-0.2, 0) is 9.47 Å². The first-order valence-corrected chi connectivity index (χ1v) is 18.2. The highest BCUT2D eigenvalue weighted by Crippen LogP contribution is 2.49. The topological polar surface area (TPSA) is 123 Å². The van der Waals surface area contributed by atoms with Crippen molar-refractivity contribution >= 4 is 77.3 Å². The number of nitrogens with zero attached hydrogens (tertiary/aromatic N) is 2. The van der Waals surface area contributed by atoms with Gasteiger partial charge in [-0.05, 0) is 71.8 Å². The van der Waals surface area contributed by atoms with E-state index < -0.39 is 23.2 Å². The maximum absolute atomic E-state index is 13.8. The molecule has 0 radical (unpaired) electrons.